The molecule has 0 aromatic carbocycles. The fourth-order valence-electron chi connectivity index (χ4n) is 3.13. The van der Waals surface area contributed by atoms with Gasteiger partial charge in [-0.15, -0.1) is 11.3 Å². The molecule has 0 bridgehead atoms. The van der Waals surface area contributed by atoms with Gasteiger partial charge in [-0.05, 0) is 37.0 Å². The van der Waals surface area contributed by atoms with Crippen LogP contribution in [0.4, 0.5) is 5.82 Å². The first-order valence-corrected chi connectivity index (χ1v) is 9.11. The second-order valence-electron chi connectivity index (χ2n) is 5.93. The number of aryl methyl sites for hydroxylation is 2. The molecule has 1 N–H and O–H groups in total. The zero-order valence-corrected chi connectivity index (χ0v) is 14.7. The summed E-state index contributed by atoms with van der Waals surface area (Å²) in [7, 11) is 1.40. The SMILES string of the molecule is COC(=O)CCNc1nc(-c2cccnc2)nc2sc3c(c12)CCC3. The number of aromatic nitrogens is 3. The molecule has 1 aliphatic carbocycles. The quantitative estimate of drug-likeness (QED) is 0.709. The van der Waals surface area contributed by atoms with Crippen molar-refractivity contribution in [2.24, 2.45) is 0 Å². The second-order valence-corrected chi connectivity index (χ2v) is 7.01. The largest absolute Gasteiger partial charge is 0.469 e. The van der Waals surface area contributed by atoms with E-state index in [1.807, 2.05) is 12.1 Å². The van der Waals surface area contributed by atoms with Crippen LogP contribution in [0.5, 0.6) is 0 Å². The van der Waals surface area contributed by atoms with Gasteiger partial charge in [0.15, 0.2) is 5.82 Å². The van der Waals surface area contributed by atoms with E-state index in [9.17, 15) is 4.79 Å². The first-order valence-electron chi connectivity index (χ1n) is 8.29. The molecule has 0 amide bonds. The van der Waals surface area contributed by atoms with Crippen LogP contribution in [0.1, 0.15) is 23.3 Å². The molecule has 3 aromatic heterocycles. The lowest BCUT2D eigenvalue weighted by Gasteiger charge is -2.09. The third-order valence-corrected chi connectivity index (χ3v) is 5.52. The maximum absolute atomic E-state index is 11.4. The second kappa shape index (κ2) is 6.76. The average Bonchev–Trinajstić information content (AvgIpc) is 3.22. The minimum atomic E-state index is -0.235. The standard InChI is InChI=1S/C18H18N4O2S/c1-24-14(23)7-9-20-17-15-12-5-2-6-13(12)25-18(15)22-16(21-17)11-4-3-8-19-10-11/h3-4,8,10H,2,5-7,9H2,1H3,(H,20,21,22). The van der Waals surface area contributed by atoms with Crippen molar-refractivity contribution in [1.82, 2.24) is 15.0 Å². The van der Waals surface area contributed by atoms with Crippen LogP contribution in [0.15, 0.2) is 24.5 Å². The van der Waals surface area contributed by atoms with Crippen molar-refractivity contribution in [2.45, 2.75) is 25.7 Å². The average molecular weight is 354 g/mol. The Morgan fingerprint density at radius 2 is 2.28 bits per heavy atom. The number of nitrogens with one attached hydrogen (secondary N) is 1. The number of methoxy groups -OCH3 is 1. The van der Waals surface area contributed by atoms with Gasteiger partial charge in [0.1, 0.15) is 10.6 Å². The highest BCUT2D eigenvalue weighted by molar-refractivity contribution is 7.19. The van der Waals surface area contributed by atoms with E-state index in [0.29, 0.717) is 18.8 Å². The maximum atomic E-state index is 11.4. The number of esters is 1. The van der Waals surface area contributed by atoms with Crippen molar-refractivity contribution in [1.29, 1.82) is 0 Å². The number of carbonyl (C=O) groups excluding carboxylic acids is 1. The number of hydrogen-bond donors (Lipinski definition) is 1. The molecule has 0 unspecified atom stereocenters. The summed E-state index contributed by atoms with van der Waals surface area (Å²) in [6, 6.07) is 3.83. The van der Waals surface area contributed by atoms with E-state index in [4.69, 9.17) is 14.7 Å². The molecule has 0 fully saturated rings. The van der Waals surface area contributed by atoms with Crippen LogP contribution in [0.25, 0.3) is 21.6 Å². The smallest absolute Gasteiger partial charge is 0.307 e. The van der Waals surface area contributed by atoms with Crippen molar-refractivity contribution < 1.29 is 9.53 Å². The molecule has 0 atom stereocenters. The van der Waals surface area contributed by atoms with Gasteiger partial charge in [-0.3, -0.25) is 9.78 Å². The fourth-order valence-corrected chi connectivity index (χ4v) is 4.39. The molecule has 4 rings (SSSR count). The molecule has 7 heteroatoms. The predicted molar refractivity (Wildman–Crippen MR) is 97.8 cm³/mol. The van der Waals surface area contributed by atoms with Crippen molar-refractivity contribution in [2.75, 3.05) is 19.0 Å². The van der Waals surface area contributed by atoms with Crippen LogP contribution < -0.4 is 5.32 Å². The van der Waals surface area contributed by atoms with E-state index < -0.39 is 0 Å². The monoisotopic (exact) mass is 354 g/mol. The van der Waals surface area contributed by atoms with Gasteiger partial charge < -0.3 is 10.1 Å². The normalized spacial score (nSPS) is 13.0. The van der Waals surface area contributed by atoms with E-state index in [0.717, 1.165) is 34.4 Å². The highest BCUT2D eigenvalue weighted by Gasteiger charge is 2.22. The van der Waals surface area contributed by atoms with Crippen LogP contribution in [-0.4, -0.2) is 34.6 Å². The highest BCUT2D eigenvalue weighted by Crippen LogP contribution is 2.40. The molecular weight excluding hydrogens is 336 g/mol. The van der Waals surface area contributed by atoms with Crippen LogP contribution >= 0.6 is 11.3 Å². The number of hydrogen-bond acceptors (Lipinski definition) is 7. The van der Waals surface area contributed by atoms with Gasteiger partial charge >= 0.3 is 5.97 Å². The number of rotatable bonds is 5. The van der Waals surface area contributed by atoms with E-state index in [-0.39, 0.29) is 5.97 Å². The Labute approximate surface area is 149 Å². The lowest BCUT2D eigenvalue weighted by atomic mass is 10.1. The van der Waals surface area contributed by atoms with Gasteiger partial charge in [0.25, 0.3) is 0 Å². The summed E-state index contributed by atoms with van der Waals surface area (Å²) in [5, 5.41) is 4.42. The maximum Gasteiger partial charge on any atom is 0.307 e. The summed E-state index contributed by atoms with van der Waals surface area (Å²) < 4.78 is 4.71. The summed E-state index contributed by atoms with van der Waals surface area (Å²) >= 11 is 1.75. The summed E-state index contributed by atoms with van der Waals surface area (Å²) in [6.07, 6.45) is 7.16. The molecule has 0 saturated heterocycles. The zero-order valence-electron chi connectivity index (χ0n) is 13.9. The van der Waals surface area contributed by atoms with Gasteiger partial charge in [-0.1, -0.05) is 0 Å². The minimum Gasteiger partial charge on any atom is -0.469 e. The van der Waals surface area contributed by atoms with E-state index in [1.54, 1.807) is 23.7 Å². The number of fused-ring (bicyclic) bond motifs is 3. The minimum absolute atomic E-state index is 0.235. The topological polar surface area (TPSA) is 77.0 Å². The molecule has 0 spiro atoms. The zero-order chi connectivity index (χ0) is 17.2. The molecule has 0 saturated carbocycles. The van der Waals surface area contributed by atoms with Gasteiger partial charge in [-0.25, -0.2) is 9.97 Å². The van der Waals surface area contributed by atoms with Crippen molar-refractivity contribution >= 4 is 33.3 Å². The molecule has 6 nitrogen and oxygen atoms in total. The third-order valence-electron chi connectivity index (χ3n) is 4.33. The molecule has 0 aliphatic heterocycles. The molecule has 0 radical (unpaired) electrons. The Morgan fingerprint density at radius 1 is 1.36 bits per heavy atom. The molecule has 3 heterocycles. The molecule has 3 aromatic rings. The van der Waals surface area contributed by atoms with Gasteiger partial charge in [-0.2, -0.15) is 0 Å². The number of ether oxygens (including phenoxy) is 1. The van der Waals surface area contributed by atoms with E-state index >= 15 is 0 Å². The number of anilines is 1. The first kappa shape index (κ1) is 16.0. The van der Waals surface area contributed by atoms with Gasteiger partial charge in [0, 0.05) is 29.4 Å². The predicted octanol–water partition coefficient (Wildman–Crippen LogP) is 3.22. The molecule has 25 heavy (non-hydrogen) atoms. The van der Waals surface area contributed by atoms with Gasteiger partial charge in [0.05, 0.1) is 18.9 Å². The lowest BCUT2D eigenvalue weighted by Crippen LogP contribution is -2.11. The Balaban J connectivity index is 1.75. The van der Waals surface area contributed by atoms with Crippen LogP contribution in [-0.2, 0) is 22.4 Å². The van der Waals surface area contributed by atoms with Gasteiger partial charge in [0.2, 0.25) is 0 Å². The summed E-state index contributed by atoms with van der Waals surface area (Å²) in [5.74, 6) is 1.22. The third kappa shape index (κ3) is 3.07. The Hall–Kier alpha value is -2.54. The molecular formula is C18H18N4O2S. The van der Waals surface area contributed by atoms with Crippen molar-refractivity contribution in [3.8, 4) is 11.4 Å². The van der Waals surface area contributed by atoms with Crippen LogP contribution in [0, 0.1) is 0 Å². The Bertz CT molecular complexity index is 924. The first-order chi connectivity index (χ1) is 12.3. The summed E-state index contributed by atoms with van der Waals surface area (Å²) in [4.78, 5) is 27.5. The summed E-state index contributed by atoms with van der Waals surface area (Å²) in [6.45, 7) is 0.482. The van der Waals surface area contributed by atoms with Crippen LogP contribution in [0.3, 0.4) is 0 Å². The molecule has 1 aliphatic rings. The Kier molecular flexibility index (Phi) is 4.31. The number of pyridine rings is 1. The number of carbonyl (C=O) groups is 1. The van der Waals surface area contributed by atoms with E-state index in [2.05, 4.69) is 10.3 Å². The Morgan fingerprint density at radius 3 is 3.08 bits per heavy atom. The lowest BCUT2D eigenvalue weighted by molar-refractivity contribution is -0.140. The number of nitrogens with zero attached hydrogens (tertiary/aromatic N) is 3. The van der Waals surface area contributed by atoms with E-state index in [1.165, 1.54) is 24.0 Å². The van der Waals surface area contributed by atoms with Crippen LogP contribution in [0.2, 0.25) is 0 Å². The van der Waals surface area contributed by atoms with Crippen molar-refractivity contribution in [3.05, 3.63) is 35.0 Å². The highest BCUT2D eigenvalue weighted by atomic mass is 32.1. The summed E-state index contributed by atoms with van der Waals surface area (Å²) in [5.41, 5.74) is 2.24. The molecule has 128 valence electrons. The number of thiophene rings is 1. The van der Waals surface area contributed by atoms with Crippen molar-refractivity contribution in [3.63, 3.8) is 0 Å². The fraction of sp³-hybridized carbons (Fsp3) is 0.333.